The summed E-state index contributed by atoms with van der Waals surface area (Å²) < 4.78 is 16.3. The second-order valence-corrected chi connectivity index (χ2v) is 7.17. The van der Waals surface area contributed by atoms with Gasteiger partial charge in [-0.1, -0.05) is 31.6 Å². The molecule has 0 spiro atoms. The molecule has 1 aromatic rings. The first kappa shape index (κ1) is 12.3. The summed E-state index contributed by atoms with van der Waals surface area (Å²) in [4.78, 5) is 2.54. The fraction of sp³-hybridized carbons (Fsp3) is 0.579. The van der Waals surface area contributed by atoms with Gasteiger partial charge in [-0.15, -0.1) is 0 Å². The van der Waals surface area contributed by atoms with Crippen molar-refractivity contribution in [3.05, 3.63) is 40.9 Å². The Morgan fingerprint density at radius 3 is 3.05 bits per heavy atom. The smallest absolute Gasteiger partial charge is 0.115 e. The number of benzene rings is 1. The molecule has 21 heavy (non-hydrogen) atoms. The van der Waals surface area contributed by atoms with Crippen molar-refractivity contribution >= 4 is 0 Å². The molecule has 2 aliphatic rings. The molecule has 2 heteroatoms. The number of fused-ring (bicyclic) bond motifs is 4. The van der Waals surface area contributed by atoms with Crippen molar-refractivity contribution in [1.82, 2.24) is 4.90 Å². The van der Waals surface area contributed by atoms with Crippen LogP contribution >= 0.6 is 0 Å². The summed E-state index contributed by atoms with van der Waals surface area (Å²) in [7, 11) is 0. The second-order valence-electron chi connectivity index (χ2n) is 7.17. The summed E-state index contributed by atoms with van der Waals surface area (Å²) in [5.74, 6) is 0.275. The molecule has 1 fully saturated rings. The van der Waals surface area contributed by atoms with Gasteiger partial charge >= 0.3 is 0 Å². The number of nitrogens with zero attached hydrogens (tertiary/aromatic N) is 1. The molecule has 1 aliphatic heterocycles. The minimum Gasteiger partial charge on any atom is -0.508 e. The van der Waals surface area contributed by atoms with Gasteiger partial charge in [0.25, 0.3) is 0 Å². The van der Waals surface area contributed by atoms with Crippen LogP contribution in [0.3, 0.4) is 0 Å². The quantitative estimate of drug-likeness (QED) is 0.835. The van der Waals surface area contributed by atoms with Gasteiger partial charge in [-0.05, 0) is 67.8 Å². The van der Waals surface area contributed by atoms with Crippen molar-refractivity contribution in [2.75, 3.05) is 13.1 Å². The standard InChI is InChI=1S/C19H27NO/c1-13(2)7-9-20-10-8-19(4)14(3)18(20)11-15-5-6-16(21)12-17(15)19/h5-7,12,14,18,21H,8-11H2,1-4H3/t14-,18+,19+/m1/s1/i6T,12T. The molecule has 1 aliphatic carbocycles. The van der Waals surface area contributed by atoms with E-state index >= 15 is 0 Å². The lowest BCUT2D eigenvalue weighted by atomic mass is 9.59. The van der Waals surface area contributed by atoms with Gasteiger partial charge in [0.15, 0.2) is 0 Å². The number of aromatic hydroxyl groups is 1. The molecule has 1 aromatic carbocycles. The SMILES string of the molecule is [3H]c1cc2c(c([3H])c1O)[C@@]1(C)CCN(CC=C(C)C)[C@@H](C2)[C@H]1C. The minimum absolute atomic E-state index is 0.0814. The number of phenolic OH excluding ortho intramolecular Hbond substituents is 1. The number of piperidine rings is 1. The van der Waals surface area contributed by atoms with E-state index in [2.05, 4.69) is 38.7 Å². The molecule has 1 N–H and O–H groups in total. The van der Waals surface area contributed by atoms with Crippen molar-refractivity contribution < 1.29 is 7.85 Å². The van der Waals surface area contributed by atoms with E-state index in [0.29, 0.717) is 12.0 Å². The number of hydrogen-bond donors (Lipinski definition) is 1. The maximum absolute atomic E-state index is 10.1. The number of rotatable bonds is 2. The normalized spacial score (nSPS) is 33.0. The maximum atomic E-state index is 10.1. The molecule has 3 atom stereocenters. The Morgan fingerprint density at radius 1 is 1.57 bits per heavy atom. The Labute approximate surface area is 131 Å². The summed E-state index contributed by atoms with van der Waals surface area (Å²) in [6, 6.07) is 2.49. The first-order valence-electron chi connectivity index (χ1n) is 8.95. The van der Waals surface area contributed by atoms with Crippen LogP contribution in [0.4, 0.5) is 0 Å². The lowest BCUT2D eigenvalue weighted by Gasteiger charge is -2.54. The van der Waals surface area contributed by atoms with E-state index in [-0.39, 0.29) is 23.2 Å². The van der Waals surface area contributed by atoms with Gasteiger partial charge in [0.05, 0.1) is 2.74 Å². The van der Waals surface area contributed by atoms with Gasteiger partial charge in [0, 0.05) is 12.6 Å². The second kappa shape index (κ2) is 5.17. The van der Waals surface area contributed by atoms with Crippen LogP contribution in [0.1, 0.15) is 48.0 Å². The van der Waals surface area contributed by atoms with Gasteiger partial charge in [-0.25, -0.2) is 0 Å². The molecular weight excluding hydrogens is 258 g/mol. The third kappa shape index (κ3) is 2.40. The van der Waals surface area contributed by atoms with E-state index in [4.69, 9.17) is 2.74 Å². The molecule has 1 saturated heterocycles. The fourth-order valence-corrected chi connectivity index (χ4v) is 4.05. The fourth-order valence-electron chi connectivity index (χ4n) is 4.05. The largest absolute Gasteiger partial charge is 0.508 e. The molecule has 2 bridgehead atoms. The van der Waals surface area contributed by atoms with E-state index in [1.54, 1.807) is 6.07 Å². The molecule has 0 radical (unpaired) electrons. The van der Waals surface area contributed by atoms with Crippen LogP contribution in [0.25, 0.3) is 0 Å². The van der Waals surface area contributed by atoms with Crippen LogP contribution in [0.5, 0.6) is 5.75 Å². The Kier molecular flexibility index (Phi) is 3.02. The average molecular weight is 289 g/mol. The molecular formula is C19H27NO. The number of phenols is 1. The van der Waals surface area contributed by atoms with Gasteiger partial charge in [-0.2, -0.15) is 0 Å². The summed E-state index contributed by atoms with van der Waals surface area (Å²) in [5, 5.41) is 10.1. The zero-order valence-electron chi connectivity index (χ0n) is 15.5. The van der Waals surface area contributed by atoms with Crippen molar-refractivity contribution in [3.8, 4) is 5.75 Å². The summed E-state index contributed by atoms with van der Waals surface area (Å²) in [6.07, 6.45) is 4.16. The lowest BCUT2D eigenvalue weighted by Crippen LogP contribution is -2.57. The lowest BCUT2D eigenvalue weighted by molar-refractivity contribution is 0.0397. The molecule has 0 saturated carbocycles. The van der Waals surface area contributed by atoms with Crippen LogP contribution in [0, 0.1) is 5.92 Å². The minimum atomic E-state index is -0.164. The monoisotopic (exact) mass is 289 g/mol. The highest BCUT2D eigenvalue weighted by Gasteiger charge is 2.48. The van der Waals surface area contributed by atoms with Crippen molar-refractivity contribution in [2.24, 2.45) is 5.92 Å². The van der Waals surface area contributed by atoms with Crippen molar-refractivity contribution in [2.45, 2.75) is 52.0 Å². The van der Waals surface area contributed by atoms with Crippen LogP contribution in [0.15, 0.2) is 29.8 Å². The maximum Gasteiger partial charge on any atom is 0.115 e. The topological polar surface area (TPSA) is 23.5 Å². The molecule has 114 valence electrons. The van der Waals surface area contributed by atoms with E-state index in [0.717, 1.165) is 37.1 Å². The van der Waals surface area contributed by atoms with Crippen LogP contribution in [-0.4, -0.2) is 29.1 Å². The summed E-state index contributed by atoms with van der Waals surface area (Å²) in [5.41, 5.74) is 3.33. The predicted molar refractivity (Wildman–Crippen MR) is 87.7 cm³/mol. The van der Waals surface area contributed by atoms with Gasteiger partial charge in [-0.3, -0.25) is 4.90 Å². The van der Waals surface area contributed by atoms with Gasteiger partial charge in [0.1, 0.15) is 5.75 Å². The Bertz CT molecular complexity index is 666. The first-order chi connectivity index (χ1) is 10.8. The molecule has 3 rings (SSSR count). The Morgan fingerprint density at radius 2 is 2.33 bits per heavy atom. The molecule has 1 heterocycles. The Balaban J connectivity index is 2.05. The van der Waals surface area contributed by atoms with Gasteiger partial charge in [0.2, 0.25) is 0 Å². The van der Waals surface area contributed by atoms with E-state index in [1.165, 1.54) is 5.57 Å². The highest BCUT2D eigenvalue weighted by Crippen LogP contribution is 2.49. The van der Waals surface area contributed by atoms with Crippen LogP contribution in [-0.2, 0) is 11.8 Å². The van der Waals surface area contributed by atoms with Gasteiger partial charge < -0.3 is 5.11 Å². The van der Waals surface area contributed by atoms with E-state index < -0.39 is 0 Å². The van der Waals surface area contributed by atoms with Crippen LogP contribution in [0.2, 0.25) is 0 Å². The Hall–Kier alpha value is -1.28. The third-order valence-electron chi connectivity index (χ3n) is 5.65. The molecule has 0 amide bonds. The number of allylic oxidation sites excluding steroid dienone is 1. The zero-order valence-corrected chi connectivity index (χ0v) is 13.5. The van der Waals surface area contributed by atoms with E-state index in [1.807, 2.05) is 0 Å². The first-order valence-corrected chi connectivity index (χ1v) is 7.95. The zero-order chi connectivity index (χ0) is 16.9. The number of likely N-dealkylation sites (tertiary alicyclic amines) is 1. The molecule has 2 nitrogen and oxygen atoms in total. The van der Waals surface area contributed by atoms with E-state index in [9.17, 15) is 5.11 Å². The highest BCUT2D eigenvalue weighted by atomic mass is 16.3. The average Bonchev–Trinajstić information content (AvgIpc) is 2.47. The molecule has 0 unspecified atom stereocenters. The number of hydrogen-bond acceptors (Lipinski definition) is 2. The summed E-state index contributed by atoms with van der Waals surface area (Å²) in [6.45, 7) is 10.8. The third-order valence-corrected chi connectivity index (χ3v) is 5.65. The van der Waals surface area contributed by atoms with Crippen molar-refractivity contribution in [1.29, 1.82) is 0 Å². The predicted octanol–water partition coefficient (Wildman–Crippen LogP) is 3.88. The summed E-state index contributed by atoms with van der Waals surface area (Å²) >= 11 is 0. The highest BCUT2D eigenvalue weighted by molar-refractivity contribution is 5.44. The van der Waals surface area contributed by atoms with Crippen LogP contribution < -0.4 is 0 Å². The van der Waals surface area contributed by atoms with Crippen molar-refractivity contribution in [3.63, 3.8) is 0 Å². The molecule has 0 aromatic heterocycles.